The van der Waals surface area contributed by atoms with E-state index < -0.39 is 45.1 Å². The smallest absolute Gasteiger partial charge is 0.394 e. The molecule has 0 amide bonds. The van der Waals surface area contributed by atoms with Crippen molar-refractivity contribution >= 4 is 7.82 Å². The van der Waals surface area contributed by atoms with E-state index >= 15 is 0 Å². The first-order valence-electron chi connectivity index (χ1n) is 6.88. The molecule has 1 aliphatic rings. The molecule has 1 saturated heterocycles. The van der Waals surface area contributed by atoms with Crippen LogP contribution in [0.15, 0.2) is 5.11 Å². The monoisotopic (exact) mass is 372 g/mol. The van der Waals surface area contributed by atoms with E-state index in [0.717, 1.165) is 7.11 Å². The Hall–Kier alpha value is -0.820. The Bertz CT molecular complexity index is 477. The van der Waals surface area contributed by atoms with Crippen molar-refractivity contribution in [2.24, 2.45) is 5.11 Å². The Labute approximate surface area is 137 Å². The van der Waals surface area contributed by atoms with Gasteiger partial charge in [0.05, 0.1) is 19.3 Å². The van der Waals surface area contributed by atoms with Gasteiger partial charge in [0.2, 0.25) is 0 Å². The Balaban J connectivity index is 2.43. The van der Waals surface area contributed by atoms with Gasteiger partial charge in [-0.05, 0) is 5.53 Å². The van der Waals surface area contributed by atoms with Crippen LogP contribution in [0.2, 0.25) is 0 Å². The summed E-state index contributed by atoms with van der Waals surface area (Å²) in [5.41, 5.74) is 8.52. The molecule has 0 saturated carbocycles. The quantitative estimate of drug-likeness (QED) is 0.0746. The number of aliphatic hydroxyl groups excluding tert-OH is 3. The fourth-order valence-corrected chi connectivity index (χ4v) is 2.25. The lowest BCUT2D eigenvalue weighted by molar-refractivity contribution is -0.264. The molecule has 5 N–H and O–H groups in total. The Morgan fingerprint density at radius 2 is 2.12 bits per heavy atom. The van der Waals surface area contributed by atoms with Gasteiger partial charge in [0.25, 0.3) is 0 Å². The highest BCUT2D eigenvalue weighted by Gasteiger charge is 2.44. The number of phosphoric acid groups is 1. The average molecular weight is 372 g/mol. The summed E-state index contributed by atoms with van der Waals surface area (Å²) in [6, 6.07) is -1.20. The van der Waals surface area contributed by atoms with E-state index in [1.807, 2.05) is 0 Å². The molecule has 1 rings (SSSR count). The van der Waals surface area contributed by atoms with Crippen molar-refractivity contribution in [3.63, 3.8) is 0 Å². The third-order valence-corrected chi connectivity index (χ3v) is 4.07. The highest BCUT2D eigenvalue weighted by Crippen LogP contribution is 2.41. The predicted octanol–water partition coefficient (Wildman–Crippen LogP) is -1.57. The molecule has 0 spiro atoms. The molecule has 0 aromatic rings. The summed E-state index contributed by atoms with van der Waals surface area (Å²) < 4.78 is 30.3. The second kappa shape index (κ2) is 10.2. The minimum absolute atomic E-state index is 0.00481. The van der Waals surface area contributed by atoms with Crippen LogP contribution in [0.1, 0.15) is 0 Å². The van der Waals surface area contributed by atoms with Crippen LogP contribution in [0.4, 0.5) is 0 Å². The number of hydrogen-bond acceptors (Lipinski definition) is 10. The molecular weight excluding hydrogens is 351 g/mol. The van der Waals surface area contributed by atoms with Crippen LogP contribution in [-0.4, -0.2) is 84.5 Å². The van der Waals surface area contributed by atoms with Gasteiger partial charge in [0.15, 0.2) is 6.29 Å². The first-order valence-corrected chi connectivity index (χ1v) is 8.38. The molecule has 6 atom stereocenters. The molecule has 140 valence electrons. The van der Waals surface area contributed by atoms with Crippen molar-refractivity contribution in [3.8, 4) is 0 Å². The van der Waals surface area contributed by atoms with E-state index in [4.69, 9.17) is 25.0 Å². The van der Waals surface area contributed by atoms with E-state index in [-0.39, 0.29) is 19.9 Å². The van der Waals surface area contributed by atoms with Gasteiger partial charge in [-0.3, -0.25) is 14.4 Å². The SMILES string of the molecule is COP(=O)(O)OCNCCOC1OC(CO)C(O)C(O)C1N=[N+]=[N-]. The van der Waals surface area contributed by atoms with Gasteiger partial charge in [0, 0.05) is 18.6 Å². The zero-order valence-electron chi connectivity index (χ0n) is 12.8. The van der Waals surface area contributed by atoms with Crippen molar-refractivity contribution < 1.29 is 43.3 Å². The molecule has 0 aliphatic carbocycles. The van der Waals surface area contributed by atoms with Gasteiger partial charge in [-0.1, -0.05) is 5.11 Å². The summed E-state index contributed by atoms with van der Waals surface area (Å²) in [6.07, 6.45) is -5.16. The Morgan fingerprint density at radius 1 is 1.42 bits per heavy atom. The maximum atomic E-state index is 11.0. The van der Waals surface area contributed by atoms with Crippen LogP contribution in [0, 0.1) is 0 Å². The third-order valence-electron chi connectivity index (χ3n) is 3.15. The Morgan fingerprint density at radius 3 is 2.71 bits per heavy atom. The number of rotatable bonds is 10. The average Bonchev–Trinajstić information content (AvgIpc) is 2.56. The number of ether oxygens (including phenoxy) is 2. The summed E-state index contributed by atoms with van der Waals surface area (Å²) >= 11 is 0. The van der Waals surface area contributed by atoms with Crippen LogP contribution in [0.25, 0.3) is 10.4 Å². The van der Waals surface area contributed by atoms with Crippen molar-refractivity contribution in [1.29, 1.82) is 0 Å². The van der Waals surface area contributed by atoms with Crippen LogP contribution >= 0.6 is 7.82 Å². The molecule has 1 aliphatic heterocycles. The standard InChI is InChI=1S/C10H21N4O9P/c1-20-24(18,19)22-5-12-2-3-21-10-7(13-14-11)9(17)8(16)6(4-15)23-10/h6-10,12,15-17H,2-5H2,1H3,(H,18,19). The summed E-state index contributed by atoms with van der Waals surface area (Å²) in [6.45, 7) is -0.684. The van der Waals surface area contributed by atoms with Crippen LogP contribution in [-0.2, 0) is 23.1 Å². The zero-order chi connectivity index (χ0) is 18.2. The molecule has 0 bridgehead atoms. The zero-order valence-corrected chi connectivity index (χ0v) is 13.7. The molecule has 0 aromatic heterocycles. The molecule has 1 fully saturated rings. The largest absolute Gasteiger partial charge is 0.473 e. The molecule has 1 heterocycles. The molecule has 13 nitrogen and oxygen atoms in total. The second-order valence-electron chi connectivity index (χ2n) is 4.70. The molecular formula is C10H21N4O9P. The first kappa shape index (κ1) is 21.2. The lowest BCUT2D eigenvalue weighted by Crippen LogP contribution is -2.58. The Kier molecular flexibility index (Phi) is 9.05. The number of azide groups is 1. The lowest BCUT2D eigenvalue weighted by Gasteiger charge is -2.40. The van der Waals surface area contributed by atoms with Crippen LogP contribution in [0.3, 0.4) is 0 Å². The van der Waals surface area contributed by atoms with Gasteiger partial charge in [-0.15, -0.1) is 0 Å². The second-order valence-corrected chi connectivity index (χ2v) is 6.26. The lowest BCUT2D eigenvalue weighted by atomic mass is 9.98. The van der Waals surface area contributed by atoms with Gasteiger partial charge in [-0.2, -0.15) is 0 Å². The van der Waals surface area contributed by atoms with E-state index in [1.54, 1.807) is 0 Å². The maximum Gasteiger partial charge on any atom is 0.473 e. The third kappa shape index (κ3) is 6.24. The molecule has 6 unspecified atom stereocenters. The summed E-state index contributed by atoms with van der Waals surface area (Å²) in [5, 5.41) is 34.7. The highest BCUT2D eigenvalue weighted by molar-refractivity contribution is 7.47. The van der Waals surface area contributed by atoms with Crippen molar-refractivity contribution in [2.45, 2.75) is 30.6 Å². The number of nitrogens with one attached hydrogen (secondary N) is 1. The van der Waals surface area contributed by atoms with Crippen LogP contribution in [0.5, 0.6) is 0 Å². The van der Waals surface area contributed by atoms with Gasteiger partial charge < -0.3 is 29.7 Å². The van der Waals surface area contributed by atoms with E-state index in [2.05, 4.69) is 24.4 Å². The van der Waals surface area contributed by atoms with Crippen molar-refractivity contribution in [3.05, 3.63) is 10.4 Å². The molecule has 0 radical (unpaired) electrons. The number of phosphoric ester groups is 1. The van der Waals surface area contributed by atoms with E-state index in [1.165, 1.54) is 0 Å². The minimum atomic E-state index is -4.07. The molecule has 24 heavy (non-hydrogen) atoms. The van der Waals surface area contributed by atoms with Crippen molar-refractivity contribution in [2.75, 3.05) is 33.6 Å². The van der Waals surface area contributed by atoms with E-state index in [0.29, 0.717) is 0 Å². The topological polar surface area (TPSA) is 196 Å². The fourth-order valence-electron chi connectivity index (χ4n) is 1.89. The maximum absolute atomic E-state index is 11.0. The van der Waals surface area contributed by atoms with Gasteiger partial charge in [0.1, 0.15) is 25.0 Å². The number of nitrogens with zero attached hydrogens (tertiary/aromatic N) is 3. The molecule has 14 heteroatoms. The predicted molar refractivity (Wildman–Crippen MR) is 77.4 cm³/mol. The fraction of sp³-hybridized carbons (Fsp3) is 1.00. The van der Waals surface area contributed by atoms with Gasteiger partial charge in [-0.25, -0.2) is 4.57 Å². The summed E-state index contributed by atoms with van der Waals surface area (Å²) in [5.74, 6) is 0. The summed E-state index contributed by atoms with van der Waals surface area (Å²) in [7, 11) is -3.04. The van der Waals surface area contributed by atoms with E-state index in [9.17, 15) is 14.8 Å². The number of aliphatic hydroxyl groups is 3. The van der Waals surface area contributed by atoms with Crippen molar-refractivity contribution in [1.82, 2.24) is 5.32 Å². The highest BCUT2D eigenvalue weighted by atomic mass is 31.2. The normalized spacial score (nSPS) is 32.8. The number of hydrogen-bond donors (Lipinski definition) is 5. The van der Waals surface area contributed by atoms with Crippen LogP contribution < -0.4 is 5.32 Å². The molecule has 0 aromatic carbocycles. The first-order chi connectivity index (χ1) is 11.4. The minimum Gasteiger partial charge on any atom is -0.394 e. The van der Waals surface area contributed by atoms with Gasteiger partial charge >= 0.3 is 7.82 Å². The summed E-state index contributed by atoms with van der Waals surface area (Å²) in [4.78, 5) is 11.5.